The SMILES string of the molecule is c1ccc(-c2nc(-c3ccccc3)nc(-c3cc(-c4ccc5c(c4)c4ccccc4n5-c4ccccc4)cc4c3-c3ccccc3[N+]4(c3ccccc3)c3ccccc3)n2)cc1. The van der Waals surface area contributed by atoms with Crippen LogP contribution in [0.4, 0.5) is 22.7 Å². The van der Waals surface area contributed by atoms with Crippen molar-refractivity contribution in [3.63, 3.8) is 0 Å². The normalized spacial score (nSPS) is 12.6. The van der Waals surface area contributed by atoms with E-state index in [9.17, 15) is 0 Å². The van der Waals surface area contributed by atoms with Crippen molar-refractivity contribution in [3.05, 3.63) is 231 Å². The molecule has 0 saturated carbocycles. The molecule has 0 unspecified atom stereocenters. The van der Waals surface area contributed by atoms with E-state index in [0.29, 0.717) is 22.0 Å². The zero-order valence-corrected chi connectivity index (χ0v) is 33.7. The summed E-state index contributed by atoms with van der Waals surface area (Å²) in [4.78, 5) is 15.8. The first-order valence-electron chi connectivity index (χ1n) is 21.0. The van der Waals surface area contributed by atoms with Crippen LogP contribution >= 0.6 is 0 Å². The van der Waals surface area contributed by atoms with Gasteiger partial charge in [-0.25, -0.2) is 15.0 Å². The summed E-state index contributed by atoms with van der Waals surface area (Å²) < 4.78 is 2.76. The largest absolute Gasteiger partial charge is 0.309 e. The van der Waals surface area contributed by atoms with Crippen molar-refractivity contribution in [2.24, 2.45) is 0 Å². The van der Waals surface area contributed by atoms with Crippen LogP contribution in [0.3, 0.4) is 0 Å². The van der Waals surface area contributed by atoms with Gasteiger partial charge in [-0.05, 0) is 53.6 Å². The molecule has 5 nitrogen and oxygen atoms in total. The minimum Gasteiger partial charge on any atom is -0.309 e. The third-order valence-corrected chi connectivity index (χ3v) is 12.3. The molecule has 0 radical (unpaired) electrons. The Kier molecular flexibility index (Phi) is 8.34. The standard InChI is InChI=1S/C57H38N5/c1-6-20-39(21-7-1)55-58-56(40-22-8-2-9-23-40)60-57(59-55)49-37-42(41-34-35-51-48(36-41)46-30-16-18-32-50(46)61(51)43-24-10-3-11-25-43)38-53-54(49)47-31-17-19-33-52(47)62(53,44-26-12-4-13-27-44)45-28-14-5-15-29-45/h1-38H/q+1. The fraction of sp³-hybridized carbons (Fsp3) is 0. The van der Waals surface area contributed by atoms with Gasteiger partial charge < -0.3 is 4.57 Å². The van der Waals surface area contributed by atoms with Crippen molar-refractivity contribution in [1.29, 1.82) is 0 Å². The first-order valence-corrected chi connectivity index (χ1v) is 21.0. The van der Waals surface area contributed by atoms with Crippen molar-refractivity contribution in [2.75, 3.05) is 0 Å². The Hall–Kier alpha value is -8.25. The van der Waals surface area contributed by atoms with Crippen LogP contribution in [0.15, 0.2) is 231 Å². The van der Waals surface area contributed by atoms with E-state index in [0.717, 1.165) is 67.2 Å². The number of para-hydroxylation sites is 5. The maximum Gasteiger partial charge on any atom is 0.164 e. The molecule has 2 aromatic heterocycles. The van der Waals surface area contributed by atoms with Gasteiger partial charge in [0.05, 0.1) is 22.2 Å². The average Bonchev–Trinajstić information content (AvgIpc) is 3.85. The molecule has 0 saturated heterocycles. The molecule has 9 aromatic carbocycles. The molecule has 0 spiro atoms. The fourth-order valence-electron chi connectivity index (χ4n) is 9.57. The molecule has 62 heavy (non-hydrogen) atoms. The molecule has 1 aliphatic rings. The van der Waals surface area contributed by atoms with Crippen molar-refractivity contribution >= 4 is 44.6 Å². The van der Waals surface area contributed by atoms with Crippen LogP contribution in [0.1, 0.15) is 0 Å². The monoisotopic (exact) mass is 792 g/mol. The molecule has 0 bridgehead atoms. The number of hydrogen-bond donors (Lipinski definition) is 0. The van der Waals surface area contributed by atoms with E-state index < -0.39 is 0 Å². The second-order valence-corrected chi connectivity index (χ2v) is 15.7. The van der Waals surface area contributed by atoms with E-state index in [-0.39, 0.29) is 0 Å². The summed E-state index contributed by atoms with van der Waals surface area (Å²) in [6.07, 6.45) is 0. The minimum absolute atomic E-state index is 0.395. The summed E-state index contributed by atoms with van der Waals surface area (Å²) in [7, 11) is 0. The summed E-state index contributed by atoms with van der Waals surface area (Å²) >= 11 is 0. The zero-order valence-electron chi connectivity index (χ0n) is 33.7. The van der Waals surface area contributed by atoms with Crippen molar-refractivity contribution < 1.29 is 0 Å². The Morgan fingerprint density at radius 3 is 1.48 bits per heavy atom. The molecule has 3 heterocycles. The molecule has 0 atom stereocenters. The maximum absolute atomic E-state index is 5.37. The Labute approximate surface area is 359 Å². The molecular formula is C57H38N5+. The van der Waals surface area contributed by atoms with Gasteiger partial charge in [0.1, 0.15) is 11.4 Å². The van der Waals surface area contributed by atoms with Crippen LogP contribution < -0.4 is 4.48 Å². The molecule has 0 N–H and O–H groups in total. The van der Waals surface area contributed by atoms with Gasteiger partial charge in [-0.3, -0.25) is 0 Å². The van der Waals surface area contributed by atoms with Gasteiger partial charge in [0.25, 0.3) is 0 Å². The van der Waals surface area contributed by atoms with Crippen molar-refractivity contribution in [3.8, 4) is 62.1 Å². The van der Waals surface area contributed by atoms with E-state index in [1.165, 1.54) is 22.0 Å². The topological polar surface area (TPSA) is 43.6 Å². The number of nitrogens with zero attached hydrogens (tertiary/aromatic N) is 5. The summed E-state index contributed by atoms with van der Waals surface area (Å²) in [5.41, 5.74) is 15.3. The molecule has 290 valence electrons. The lowest BCUT2D eigenvalue weighted by molar-refractivity contribution is 0.721. The van der Waals surface area contributed by atoms with E-state index in [1.807, 2.05) is 36.4 Å². The molecule has 11 aromatic rings. The average molecular weight is 793 g/mol. The van der Waals surface area contributed by atoms with Crippen LogP contribution in [0.2, 0.25) is 0 Å². The van der Waals surface area contributed by atoms with Crippen LogP contribution in [-0.2, 0) is 0 Å². The second kappa shape index (κ2) is 14.5. The van der Waals surface area contributed by atoms with Gasteiger partial charge in [-0.15, -0.1) is 0 Å². The molecule has 1 aliphatic heterocycles. The van der Waals surface area contributed by atoms with Crippen molar-refractivity contribution in [1.82, 2.24) is 24.0 Å². The zero-order chi connectivity index (χ0) is 41.0. The highest BCUT2D eigenvalue weighted by atomic mass is 15.4. The highest BCUT2D eigenvalue weighted by molar-refractivity contribution is 6.12. The van der Waals surface area contributed by atoms with E-state index >= 15 is 0 Å². The highest BCUT2D eigenvalue weighted by Crippen LogP contribution is 2.64. The molecule has 5 heteroatoms. The Balaban J connectivity index is 1.20. The van der Waals surface area contributed by atoms with Crippen LogP contribution in [0, 0.1) is 0 Å². The number of quaternary nitrogens is 1. The third-order valence-electron chi connectivity index (χ3n) is 12.3. The van der Waals surface area contributed by atoms with Gasteiger partial charge in [0.15, 0.2) is 28.8 Å². The van der Waals surface area contributed by atoms with Crippen LogP contribution in [-0.4, -0.2) is 19.5 Å². The number of aromatic nitrogens is 4. The number of rotatable bonds is 7. The Bertz CT molecular complexity index is 3340. The Morgan fingerprint density at radius 2 is 0.839 bits per heavy atom. The molecular weight excluding hydrogens is 755 g/mol. The molecule has 0 fully saturated rings. The lowest BCUT2D eigenvalue weighted by atomic mass is 9.93. The Morgan fingerprint density at radius 1 is 0.323 bits per heavy atom. The maximum atomic E-state index is 5.37. The summed E-state index contributed by atoms with van der Waals surface area (Å²) in [6, 6.07) is 82.0. The van der Waals surface area contributed by atoms with E-state index in [4.69, 9.17) is 15.0 Å². The van der Waals surface area contributed by atoms with Gasteiger partial charge in [0.2, 0.25) is 0 Å². The summed E-state index contributed by atoms with van der Waals surface area (Å²) in [5.74, 6) is 1.87. The summed E-state index contributed by atoms with van der Waals surface area (Å²) in [5, 5.41) is 2.40. The minimum atomic E-state index is 0.395. The van der Waals surface area contributed by atoms with Gasteiger partial charge in [0, 0.05) is 69.5 Å². The second-order valence-electron chi connectivity index (χ2n) is 15.7. The fourth-order valence-corrected chi connectivity index (χ4v) is 9.57. The van der Waals surface area contributed by atoms with E-state index in [1.54, 1.807) is 0 Å². The lowest BCUT2D eigenvalue weighted by Gasteiger charge is -2.34. The predicted octanol–water partition coefficient (Wildman–Crippen LogP) is 14.9. The third kappa shape index (κ3) is 5.57. The number of fused-ring (bicyclic) bond motifs is 6. The molecule has 12 rings (SSSR count). The highest BCUT2D eigenvalue weighted by Gasteiger charge is 2.49. The molecule has 0 amide bonds. The molecule has 0 aliphatic carbocycles. The smallest absolute Gasteiger partial charge is 0.164 e. The van der Waals surface area contributed by atoms with E-state index in [2.05, 4.69) is 199 Å². The van der Waals surface area contributed by atoms with Gasteiger partial charge in [-0.2, -0.15) is 4.48 Å². The predicted molar refractivity (Wildman–Crippen MR) is 255 cm³/mol. The van der Waals surface area contributed by atoms with Gasteiger partial charge >= 0.3 is 0 Å². The lowest BCUT2D eigenvalue weighted by Crippen LogP contribution is -2.31. The summed E-state index contributed by atoms with van der Waals surface area (Å²) in [6.45, 7) is 0. The van der Waals surface area contributed by atoms with Crippen LogP contribution in [0.25, 0.3) is 83.9 Å². The van der Waals surface area contributed by atoms with Crippen LogP contribution in [0.5, 0.6) is 0 Å². The number of benzene rings is 9. The first-order chi connectivity index (χ1) is 30.8. The number of hydrogen-bond acceptors (Lipinski definition) is 3. The van der Waals surface area contributed by atoms with Crippen molar-refractivity contribution in [2.45, 2.75) is 0 Å². The quantitative estimate of drug-likeness (QED) is 0.151. The first kappa shape index (κ1) is 35.7. The van der Waals surface area contributed by atoms with Gasteiger partial charge in [-0.1, -0.05) is 152 Å².